The first-order valence-corrected chi connectivity index (χ1v) is 5.99. The summed E-state index contributed by atoms with van der Waals surface area (Å²) in [7, 11) is 0. The van der Waals surface area contributed by atoms with E-state index in [-0.39, 0.29) is 5.57 Å². The van der Waals surface area contributed by atoms with Gasteiger partial charge in [-0.05, 0) is 12.5 Å². The molecule has 114 valence electrons. The molecule has 0 aromatic rings. The molecule has 0 aromatic heterocycles. The average Bonchev–Trinajstić information content (AvgIpc) is 2.37. The van der Waals surface area contributed by atoms with Crippen molar-refractivity contribution in [2.24, 2.45) is 0 Å². The van der Waals surface area contributed by atoms with Crippen molar-refractivity contribution in [2.45, 2.75) is 44.0 Å². The van der Waals surface area contributed by atoms with Crippen LogP contribution >= 0.6 is 0 Å². The number of carbonyl (C=O) groups excluding carboxylic acids is 2. The molecule has 1 unspecified atom stereocenters. The van der Waals surface area contributed by atoms with E-state index in [0.29, 0.717) is 0 Å². The fourth-order valence-corrected chi connectivity index (χ4v) is 2.07. The minimum absolute atomic E-state index is 0.0665. The van der Waals surface area contributed by atoms with Gasteiger partial charge < -0.3 is 30.5 Å². The van der Waals surface area contributed by atoms with Gasteiger partial charge in [0.15, 0.2) is 0 Å². The van der Waals surface area contributed by atoms with Gasteiger partial charge in [0, 0.05) is 6.92 Å². The molecule has 1 fully saturated rings. The van der Waals surface area contributed by atoms with Gasteiger partial charge in [-0.25, -0.2) is 0 Å². The Morgan fingerprint density at radius 3 is 2.25 bits per heavy atom. The SMILES string of the molecule is C=C(C)C(=O)C1(O)O[C@H](CO)[C@@H](O)[C@H](O)[C@H]1NC(C)=O. The second-order valence-corrected chi connectivity index (χ2v) is 4.80. The number of ketones is 1. The summed E-state index contributed by atoms with van der Waals surface area (Å²) in [6, 6.07) is -1.58. The Bertz CT molecular complexity index is 424. The molecule has 0 aliphatic carbocycles. The van der Waals surface area contributed by atoms with Crippen LogP contribution in [0.25, 0.3) is 0 Å². The van der Waals surface area contributed by atoms with E-state index in [1.807, 2.05) is 0 Å². The number of hydrogen-bond acceptors (Lipinski definition) is 7. The van der Waals surface area contributed by atoms with Crippen LogP contribution in [-0.2, 0) is 14.3 Å². The summed E-state index contributed by atoms with van der Waals surface area (Å²) in [5, 5.41) is 41.3. The molecule has 1 rings (SSSR count). The van der Waals surface area contributed by atoms with Crippen LogP contribution in [0.1, 0.15) is 13.8 Å². The molecule has 20 heavy (non-hydrogen) atoms. The van der Waals surface area contributed by atoms with Crippen LogP contribution in [0.2, 0.25) is 0 Å². The average molecular weight is 289 g/mol. The number of aliphatic hydroxyl groups is 4. The predicted molar refractivity (Wildman–Crippen MR) is 66.3 cm³/mol. The van der Waals surface area contributed by atoms with E-state index in [4.69, 9.17) is 9.84 Å². The second kappa shape index (κ2) is 5.98. The van der Waals surface area contributed by atoms with Crippen molar-refractivity contribution < 1.29 is 34.8 Å². The van der Waals surface area contributed by atoms with Crippen LogP contribution in [0.4, 0.5) is 0 Å². The Hall–Kier alpha value is -1.32. The smallest absolute Gasteiger partial charge is 0.255 e. The molecule has 5 N–H and O–H groups in total. The van der Waals surface area contributed by atoms with Gasteiger partial charge in [0.05, 0.1) is 6.61 Å². The third-order valence-electron chi connectivity index (χ3n) is 3.08. The lowest BCUT2D eigenvalue weighted by molar-refractivity contribution is -0.300. The number of aliphatic hydroxyl groups excluding tert-OH is 3. The van der Waals surface area contributed by atoms with Crippen molar-refractivity contribution in [2.75, 3.05) is 6.61 Å². The van der Waals surface area contributed by atoms with Gasteiger partial charge in [-0.15, -0.1) is 0 Å². The first kappa shape index (κ1) is 16.7. The van der Waals surface area contributed by atoms with E-state index >= 15 is 0 Å². The Morgan fingerprint density at radius 2 is 1.85 bits per heavy atom. The molecule has 1 heterocycles. The minimum atomic E-state index is -2.61. The number of Topliss-reactive ketones (excluding diaryl/α,β-unsaturated/α-hetero) is 1. The van der Waals surface area contributed by atoms with Crippen molar-refractivity contribution in [3.05, 3.63) is 12.2 Å². The predicted octanol–water partition coefficient (Wildman–Crippen LogP) is -2.56. The summed E-state index contributed by atoms with van der Waals surface area (Å²) >= 11 is 0. The lowest BCUT2D eigenvalue weighted by Gasteiger charge is -2.46. The molecule has 8 nitrogen and oxygen atoms in total. The highest BCUT2D eigenvalue weighted by Gasteiger charge is 2.57. The zero-order valence-corrected chi connectivity index (χ0v) is 11.2. The van der Waals surface area contributed by atoms with Gasteiger partial charge in [0.25, 0.3) is 5.79 Å². The normalized spacial score (nSPS) is 37.3. The van der Waals surface area contributed by atoms with Gasteiger partial charge in [-0.1, -0.05) is 6.58 Å². The number of hydrogen-bond donors (Lipinski definition) is 5. The summed E-state index contributed by atoms with van der Waals surface area (Å²) in [6.07, 6.45) is -4.64. The number of rotatable bonds is 4. The van der Waals surface area contributed by atoms with Gasteiger partial charge in [0.1, 0.15) is 24.4 Å². The molecule has 0 aromatic carbocycles. The Balaban J connectivity index is 3.22. The lowest BCUT2D eigenvalue weighted by atomic mass is 9.86. The largest absolute Gasteiger partial charge is 0.394 e. The molecule has 5 atom stereocenters. The maximum atomic E-state index is 12.0. The van der Waals surface area contributed by atoms with Crippen LogP contribution in [0.5, 0.6) is 0 Å². The monoisotopic (exact) mass is 289 g/mol. The van der Waals surface area contributed by atoms with Crippen LogP contribution in [0.15, 0.2) is 12.2 Å². The first-order valence-electron chi connectivity index (χ1n) is 5.99. The van der Waals surface area contributed by atoms with Crippen molar-refractivity contribution in [3.8, 4) is 0 Å². The summed E-state index contributed by atoms with van der Waals surface area (Å²) < 4.78 is 5.01. The highest BCUT2D eigenvalue weighted by Crippen LogP contribution is 2.30. The summed E-state index contributed by atoms with van der Waals surface area (Å²) in [4.78, 5) is 23.2. The molecule has 8 heteroatoms. The molecule has 1 aliphatic heterocycles. The van der Waals surface area contributed by atoms with Crippen molar-refractivity contribution in [3.63, 3.8) is 0 Å². The molecule has 1 amide bonds. The van der Waals surface area contributed by atoms with Crippen LogP contribution in [-0.4, -0.2) is 68.9 Å². The quantitative estimate of drug-likeness (QED) is 0.359. The highest BCUT2D eigenvalue weighted by atomic mass is 16.7. The summed E-state index contributed by atoms with van der Waals surface area (Å²) in [5.74, 6) is -4.20. The van der Waals surface area contributed by atoms with Gasteiger partial charge in [-0.3, -0.25) is 9.59 Å². The topological polar surface area (TPSA) is 136 Å². The molecule has 1 saturated heterocycles. The Kier molecular flexibility index (Phi) is 5.00. The van der Waals surface area contributed by atoms with Gasteiger partial charge in [-0.2, -0.15) is 0 Å². The van der Waals surface area contributed by atoms with Crippen LogP contribution in [0, 0.1) is 0 Å². The third kappa shape index (κ3) is 2.89. The van der Waals surface area contributed by atoms with E-state index in [1.165, 1.54) is 6.92 Å². The van der Waals surface area contributed by atoms with E-state index in [2.05, 4.69) is 11.9 Å². The minimum Gasteiger partial charge on any atom is -0.394 e. The van der Waals surface area contributed by atoms with E-state index < -0.39 is 48.4 Å². The van der Waals surface area contributed by atoms with Crippen LogP contribution in [0.3, 0.4) is 0 Å². The highest BCUT2D eigenvalue weighted by molar-refractivity contribution is 6.00. The summed E-state index contributed by atoms with van der Waals surface area (Å²) in [6.45, 7) is 5.08. The molecule has 0 bridgehead atoms. The lowest BCUT2D eigenvalue weighted by Crippen LogP contribution is -2.72. The first-order chi connectivity index (χ1) is 9.15. The zero-order valence-electron chi connectivity index (χ0n) is 11.2. The van der Waals surface area contributed by atoms with Gasteiger partial charge >= 0.3 is 0 Å². The number of carbonyl (C=O) groups is 2. The molecular formula is C12H19NO7. The van der Waals surface area contributed by atoms with Gasteiger partial charge in [0.2, 0.25) is 11.7 Å². The zero-order chi connectivity index (χ0) is 15.7. The molecular weight excluding hydrogens is 270 g/mol. The standard InChI is InChI=1S/C12H19NO7/c1-5(2)11(18)12(19)10(13-6(3)15)9(17)8(16)7(4-14)20-12/h7-10,14,16-17,19H,1,4H2,2-3H3,(H,13,15)/t7-,8-,9+,10-,12?/m1/s1. The van der Waals surface area contributed by atoms with E-state index in [1.54, 1.807) is 0 Å². The maximum absolute atomic E-state index is 12.0. The van der Waals surface area contributed by atoms with Crippen LogP contribution < -0.4 is 5.32 Å². The van der Waals surface area contributed by atoms with Crippen molar-refractivity contribution in [1.82, 2.24) is 5.32 Å². The maximum Gasteiger partial charge on any atom is 0.255 e. The third-order valence-corrected chi connectivity index (χ3v) is 3.08. The van der Waals surface area contributed by atoms with E-state index in [0.717, 1.165) is 6.92 Å². The van der Waals surface area contributed by atoms with Crippen molar-refractivity contribution in [1.29, 1.82) is 0 Å². The molecule has 0 spiro atoms. The summed E-state index contributed by atoms with van der Waals surface area (Å²) in [5.41, 5.74) is -0.0665. The van der Waals surface area contributed by atoms with Crippen molar-refractivity contribution >= 4 is 11.7 Å². The molecule has 0 saturated carbocycles. The van der Waals surface area contributed by atoms with E-state index in [9.17, 15) is 24.9 Å². The number of amides is 1. The molecule has 0 radical (unpaired) electrons. The molecule has 1 aliphatic rings. The Morgan fingerprint density at radius 1 is 1.30 bits per heavy atom. The number of ether oxygens (including phenoxy) is 1. The number of nitrogens with one attached hydrogen (secondary N) is 1. The second-order valence-electron chi connectivity index (χ2n) is 4.80. The fourth-order valence-electron chi connectivity index (χ4n) is 2.07. The Labute approximate surface area is 115 Å². The fraction of sp³-hybridized carbons (Fsp3) is 0.667.